The van der Waals surface area contributed by atoms with Crippen LogP contribution in [0.2, 0.25) is 15.1 Å². The van der Waals surface area contributed by atoms with Crippen LogP contribution < -0.4 is 10.1 Å². The summed E-state index contributed by atoms with van der Waals surface area (Å²) in [5.41, 5.74) is 0. The van der Waals surface area contributed by atoms with Crippen LogP contribution in [0, 0.1) is 0 Å². The fourth-order valence-corrected chi connectivity index (χ4v) is 1.92. The van der Waals surface area contributed by atoms with Crippen LogP contribution in [0.15, 0.2) is 12.1 Å². The Kier molecular flexibility index (Phi) is 4.20. The molecule has 0 spiro atoms. The molecule has 0 saturated heterocycles. The van der Waals surface area contributed by atoms with E-state index >= 15 is 0 Å². The van der Waals surface area contributed by atoms with Gasteiger partial charge in [-0.05, 0) is 18.9 Å². The van der Waals surface area contributed by atoms with E-state index in [4.69, 9.17) is 39.5 Å². The summed E-state index contributed by atoms with van der Waals surface area (Å²) in [5, 5.41) is 4.73. The maximum Gasteiger partial charge on any atom is 0.139 e. The van der Waals surface area contributed by atoms with Crippen molar-refractivity contribution in [3.05, 3.63) is 27.2 Å². The summed E-state index contributed by atoms with van der Waals surface area (Å²) in [5.74, 6) is 0.577. The Morgan fingerprint density at radius 1 is 1.12 bits per heavy atom. The molecule has 1 aliphatic rings. The minimum atomic E-state index is 0.440. The van der Waals surface area contributed by atoms with Gasteiger partial charge in [-0.2, -0.15) is 0 Å². The third-order valence-electron chi connectivity index (χ3n) is 2.34. The number of benzene rings is 1. The first-order valence-electron chi connectivity index (χ1n) is 5.17. The maximum atomic E-state index is 5.97. The molecule has 0 heterocycles. The zero-order valence-electron chi connectivity index (χ0n) is 8.60. The number of hydrogen-bond acceptors (Lipinski definition) is 2. The molecule has 0 radical (unpaired) electrons. The number of rotatable bonds is 5. The van der Waals surface area contributed by atoms with Crippen molar-refractivity contribution in [3.8, 4) is 5.75 Å². The average molecular weight is 281 g/mol. The number of hydrogen-bond donors (Lipinski definition) is 1. The second-order valence-corrected chi connectivity index (χ2v) is 5.00. The van der Waals surface area contributed by atoms with Crippen LogP contribution >= 0.6 is 34.8 Å². The predicted octanol–water partition coefficient (Wildman–Crippen LogP) is 3.78. The van der Waals surface area contributed by atoms with Crippen molar-refractivity contribution in [2.45, 2.75) is 18.9 Å². The Morgan fingerprint density at radius 3 is 2.50 bits per heavy atom. The van der Waals surface area contributed by atoms with E-state index in [-0.39, 0.29) is 0 Å². The summed E-state index contributed by atoms with van der Waals surface area (Å²) in [6.07, 6.45) is 2.54. The molecule has 16 heavy (non-hydrogen) atoms. The molecule has 0 amide bonds. The Balaban J connectivity index is 1.85. The van der Waals surface area contributed by atoms with Gasteiger partial charge in [-0.1, -0.05) is 34.8 Å². The molecule has 0 aromatic heterocycles. The van der Waals surface area contributed by atoms with Crippen molar-refractivity contribution in [3.63, 3.8) is 0 Å². The zero-order valence-corrected chi connectivity index (χ0v) is 10.9. The van der Waals surface area contributed by atoms with Crippen LogP contribution in [-0.2, 0) is 0 Å². The maximum absolute atomic E-state index is 5.97. The molecule has 88 valence electrons. The van der Waals surface area contributed by atoms with Gasteiger partial charge in [0.1, 0.15) is 12.4 Å². The van der Waals surface area contributed by atoms with E-state index in [0.29, 0.717) is 33.5 Å². The summed E-state index contributed by atoms with van der Waals surface area (Å²) in [4.78, 5) is 0. The van der Waals surface area contributed by atoms with Gasteiger partial charge in [-0.15, -0.1) is 0 Å². The monoisotopic (exact) mass is 279 g/mol. The van der Waals surface area contributed by atoms with Gasteiger partial charge in [0.25, 0.3) is 0 Å². The molecule has 1 aliphatic carbocycles. The van der Waals surface area contributed by atoms with Gasteiger partial charge >= 0.3 is 0 Å². The van der Waals surface area contributed by atoms with E-state index in [0.717, 1.165) is 6.54 Å². The molecule has 2 nitrogen and oxygen atoms in total. The molecule has 0 unspecified atom stereocenters. The molecule has 5 heteroatoms. The highest BCUT2D eigenvalue weighted by molar-refractivity contribution is 6.43. The Morgan fingerprint density at radius 2 is 1.81 bits per heavy atom. The first-order chi connectivity index (χ1) is 7.66. The topological polar surface area (TPSA) is 21.3 Å². The van der Waals surface area contributed by atoms with Gasteiger partial charge in [0.15, 0.2) is 0 Å². The second-order valence-electron chi connectivity index (χ2n) is 3.77. The molecule has 0 bridgehead atoms. The molecule has 1 saturated carbocycles. The van der Waals surface area contributed by atoms with Crippen LogP contribution in [0.5, 0.6) is 5.75 Å². The lowest BCUT2D eigenvalue weighted by Gasteiger charge is -2.09. The van der Waals surface area contributed by atoms with Crippen LogP contribution in [0.1, 0.15) is 12.8 Å². The third-order valence-corrected chi connectivity index (χ3v) is 3.36. The van der Waals surface area contributed by atoms with Gasteiger partial charge in [0.05, 0.1) is 15.1 Å². The molecule has 1 aromatic carbocycles. The molecule has 1 N–H and O–H groups in total. The second kappa shape index (κ2) is 5.46. The number of halogens is 3. The van der Waals surface area contributed by atoms with Gasteiger partial charge in [-0.25, -0.2) is 0 Å². The Labute approximate surface area is 110 Å². The first kappa shape index (κ1) is 12.3. The molecule has 0 atom stereocenters. The molecule has 1 fully saturated rings. The third kappa shape index (κ3) is 3.42. The van der Waals surface area contributed by atoms with E-state index in [9.17, 15) is 0 Å². The zero-order chi connectivity index (χ0) is 11.5. The fourth-order valence-electron chi connectivity index (χ4n) is 1.33. The SMILES string of the molecule is Clc1cc(Cl)c(OCCNC2CC2)cc1Cl. The Bertz CT molecular complexity index is 380. The van der Waals surface area contributed by atoms with Crippen LogP contribution in [0.3, 0.4) is 0 Å². The van der Waals surface area contributed by atoms with Crippen molar-refractivity contribution in [1.29, 1.82) is 0 Å². The van der Waals surface area contributed by atoms with Crippen molar-refractivity contribution < 1.29 is 4.74 Å². The van der Waals surface area contributed by atoms with E-state index in [1.807, 2.05) is 0 Å². The summed E-state index contributed by atoms with van der Waals surface area (Å²) >= 11 is 17.7. The summed E-state index contributed by atoms with van der Waals surface area (Å²) < 4.78 is 5.51. The largest absolute Gasteiger partial charge is 0.491 e. The van der Waals surface area contributed by atoms with Gasteiger partial charge < -0.3 is 10.1 Å². The van der Waals surface area contributed by atoms with Gasteiger partial charge in [0, 0.05) is 18.7 Å². The van der Waals surface area contributed by atoms with Crippen molar-refractivity contribution >= 4 is 34.8 Å². The van der Waals surface area contributed by atoms with E-state index < -0.39 is 0 Å². The van der Waals surface area contributed by atoms with E-state index in [1.54, 1.807) is 12.1 Å². The quantitative estimate of drug-likeness (QED) is 0.655. The lowest BCUT2D eigenvalue weighted by atomic mass is 10.3. The number of nitrogens with one attached hydrogen (secondary N) is 1. The lowest BCUT2D eigenvalue weighted by molar-refractivity contribution is 0.313. The summed E-state index contributed by atoms with van der Waals surface area (Å²) in [6.45, 7) is 1.40. The molecular weight excluding hydrogens is 268 g/mol. The first-order valence-corrected chi connectivity index (χ1v) is 6.31. The standard InChI is InChI=1S/C11H12Cl3NO/c12-8-5-10(14)11(6-9(8)13)16-4-3-15-7-1-2-7/h5-7,15H,1-4H2. The highest BCUT2D eigenvalue weighted by Gasteiger charge is 2.19. The number of ether oxygens (including phenoxy) is 1. The normalized spacial score (nSPS) is 15.2. The highest BCUT2D eigenvalue weighted by Crippen LogP contribution is 2.33. The smallest absolute Gasteiger partial charge is 0.139 e. The highest BCUT2D eigenvalue weighted by atomic mass is 35.5. The van der Waals surface area contributed by atoms with Gasteiger partial charge in [-0.3, -0.25) is 0 Å². The summed E-state index contributed by atoms with van der Waals surface area (Å²) in [6, 6.07) is 3.92. The predicted molar refractivity (Wildman–Crippen MR) is 68.0 cm³/mol. The Hall–Kier alpha value is -0.150. The molecule has 1 aromatic rings. The van der Waals surface area contributed by atoms with E-state index in [2.05, 4.69) is 5.32 Å². The minimum Gasteiger partial charge on any atom is -0.491 e. The lowest BCUT2D eigenvalue weighted by Crippen LogP contribution is -2.22. The molecular formula is C11H12Cl3NO. The molecule has 0 aliphatic heterocycles. The fraction of sp³-hybridized carbons (Fsp3) is 0.455. The van der Waals surface area contributed by atoms with Crippen LogP contribution in [0.4, 0.5) is 0 Å². The van der Waals surface area contributed by atoms with Crippen molar-refractivity contribution in [2.24, 2.45) is 0 Å². The minimum absolute atomic E-state index is 0.440. The van der Waals surface area contributed by atoms with E-state index in [1.165, 1.54) is 12.8 Å². The summed E-state index contributed by atoms with van der Waals surface area (Å²) in [7, 11) is 0. The average Bonchev–Trinajstić information content (AvgIpc) is 3.04. The van der Waals surface area contributed by atoms with Crippen LogP contribution in [0.25, 0.3) is 0 Å². The van der Waals surface area contributed by atoms with Crippen LogP contribution in [-0.4, -0.2) is 19.2 Å². The molecule has 2 rings (SSSR count). The van der Waals surface area contributed by atoms with Crippen molar-refractivity contribution in [1.82, 2.24) is 5.32 Å². The van der Waals surface area contributed by atoms with Gasteiger partial charge in [0.2, 0.25) is 0 Å². The van der Waals surface area contributed by atoms with Crippen molar-refractivity contribution in [2.75, 3.05) is 13.2 Å².